The molecule has 3 nitrogen and oxygen atoms in total. The topological polar surface area (TPSA) is 23.6 Å². The predicted molar refractivity (Wildman–Crippen MR) is 41.5 cm³/mol. The van der Waals surface area contributed by atoms with Crippen molar-refractivity contribution in [2.24, 2.45) is 0 Å². The van der Waals surface area contributed by atoms with E-state index in [4.69, 9.17) is 0 Å². The van der Waals surface area contributed by atoms with E-state index < -0.39 is 0 Å². The summed E-state index contributed by atoms with van der Waals surface area (Å²) in [5.41, 5.74) is 0. The van der Waals surface area contributed by atoms with Gasteiger partial charge in [-0.15, -0.1) is 0 Å². The van der Waals surface area contributed by atoms with Crippen LogP contribution >= 0.6 is 0 Å². The minimum atomic E-state index is 0.00806. The largest absolute Gasteiger partial charge is 0.383 e. The molecule has 0 aliphatic rings. The van der Waals surface area contributed by atoms with Crippen LogP contribution in [-0.4, -0.2) is 43.9 Å². The minimum absolute atomic E-state index is 0.00806. The maximum absolute atomic E-state index is 10.9. The molecule has 0 unspecified atom stereocenters. The van der Waals surface area contributed by atoms with Gasteiger partial charge in [-0.2, -0.15) is 0 Å². The zero-order valence-corrected chi connectivity index (χ0v) is 6.96. The second-order valence-electron chi connectivity index (χ2n) is 2.51. The van der Waals surface area contributed by atoms with E-state index in [9.17, 15) is 4.79 Å². The molecule has 0 aromatic heterocycles. The van der Waals surface area contributed by atoms with Gasteiger partial charge in [0.25, 0.3) is 0 Å². The van der Waals surface area contributed by atoms with Crippen molar-refractivity contribution in [3.05, 3.63) is 12.3 Å². The normalized spacial score (nSPS) is 10.0. The highest BCUT2D eigenvalue weighted by molar-refractivity contribution is 5.86. The van der Waals surface area contributed by atoms with Gasteiger partial charge >= 0.3 is 0 Å². The van der Waals surface area contributed by atoms with Gasteiger partial charge in [0.05, 0.1) is 0 Å². The first-order chi connectivity index (χ1) is 4.54. The third kappa shape index (κ3) is 3.95. The number of carbonyl (C=O) groups is 1. The molecule has 0 saturated heterocycles. The number of amides is 1. The lowest BCUT2D eigenvalue weighted by Crippen LogP contribution is -2.19. The Labute approximate surface area is 61.9 Å². The van der Waals surface area contributed by atoms with Crippen LogP contribution in [0, 0.1) is 0 Å². The van der Waals surface area contributed by atoms with Crippen LogP contribution in [0.25, 0.3) is 0 Å². The summed E-state index contributed by atoms with van der Waals surface area (Å²) in [6.45, 7) is 0. The molecule has 0 fully saturated rings. The van der Waals surface area contributed by atoms with Crippen molar-refractivity contribution in [3.63, 3.8) is 0 Å². The van der Waals surface area contributed by atoms with Crippen molar-refractivity contribution < 1.29 is 4.79 Å². The first-order valence-electron chi connectivity index (χ1n) is 3.10. The average molecular weight is 142 g/mol. The Morgan fingerprint density at radius 3 is 2.00 bits per heavy atom. The van der Waals surface area contributed by atoms with Crippen LogP contribution in [0.1, 0.15) is 0 Å². The molecule has 0 aromatic rings. The van der Waals surface area contributed by atoms with Crippen LogP contribution in [0.2, 0.25) is 0 Å². The second kappa shape index (κ2) is 3.93. The van der Waals surface area contributed by atoms with Crippen LogP contribution in [0.4, 0.5) is 0 Å². The lowest BCUT2D eigenvalue weighted by Gasteiger charge is -2.07. The van der Waals surface area contributed by atoms with Gasteiger partial charge in [0.15, 0.2) is 0 Å². The molecular weight excluding hydrogens is 128 g/mol. The number of rotatable bonds is 2. The van der Waals surface area contributed by atoms with E-state index in [1.54, 1.807) is 20.3 Å². The highest BCUT2D eigenvalue weighted by atomic mass is 16.2. The molecule has 10 heavy (non-hydrogen) atoms. The molecule has 58 valence electrons. The molecule has 0 aliphatic heterocycles. The SMILES string of the molecule is CN(C)/C=C/C(=O)N(C)C. The number of likely N-dealkylation sites (N-methyl/N-ethyl adjacent to an activating group) is 1. The Kier molecular flexibility index (Phi) is 3.54. The van der Waals surface area contributed by atoms with E-state index in [0.717, 1.165) is 0 Å². The Bertz CT molecular complexity index is 139. The van der Waals surface area contributed by atoms with Crippen LogP contribution in [0.15, 0.2) is 12.3 Å². The standard InChI is InChI=1S/C7H14N2O/c1-8(2)6-5-7(10)9(3)4/h5-6H,1-4H3/b6-5+. The summed E-state index contributed by atoms with van der Waals surface area (Å²) >= 11 is 0. The fourth-order valence-corrected chi connectivity index (χ4v) is 0.362. The summed E-state index contributed by atoms with van der Waals surface area (Å²) < 4.78 is 0. The first kappa shape index (κ1) is 9.01. The van der Waals surface area contributed by atoms with Crippen LogP contribution in [0.5, 0.6) is 0 Å². The molecule has 0 atom stereocenters. The smallest absolute Gasteiger partial charge is 0.247 e. The highest BCUT2D eigenvalue weighted by Gasteiger charge is 1.95. The number of hydrogen-bond donors (Lipinski definition) is 0. The van der Waals surface area contributed by atoms with E-state index in [2.05, 4.69) is 0 Å². The predicted octanol–water partition coefficient (Wildman–Crippen LogP) is 0.150. The lowest BCUT2D eigenvalue weighted by molar-refractivity contribution is -0.123. The summed E-state index contributed by atoms with van der Waals surface area (Å²) in [4.78, 5) is 14.2. The van der Waals surface area contributed by atoms with Crippen LogP contribution in [0.3, 0.4) is 0 Å². The van der Waals surface area contributed by atoms with E-state index in [0.29, 0.717) is 0 Å². The molecular formula is C7H14N2O. The fourth-order valence-electron chi connectivity index (χ4n) is 0.362. The van der Waals surface area contributed by atoms with Crippen LogP contribution < -0.4 is 0 Å². The Hall–Kier alpha value is -0.990. The lowest BCUT2D eigenvalue weighted by atomic mass is 10.5. The molecule has 0 spiro atoms. The highest BCUT2D eigenvalue weighted by Crippen LogP contribution is 1.82. The molecule has 3 heteroatoms. The van der Waals surface area contributed by atoms with Gasteiger partial charge in [-0.3, -0.25) is 4.79 Å². The number of nitrogens with zero attached hydrogens (tertiary/aromatic N) is 2. The molecule has 0 radical (unpaired) electrons. The summed E-state index contributed by atoms with van der Waals surface area (Å²) in [6, 6.07) is 0. The van der Waals surface area contributed by atoms with Gasteiger partial charge in [0.2, 0.25) is 5.91 Å². The molecule has 0 bridgehead atoms. The van der Waals surface area contributed by atoms with Gasteiger partial charge in [-0.1, -0.05) is 0 Å². The van der Waals surface area contributed by atoms with Gasteiger partial charge in [-0.05, 0) is 0 Å². The van der Waals surface area contributed by atoms with Crippen molar-refractivity contribution >= 4 is 5.91 Å². The van der Waals surface area contributed by atoms with E-state index in [1.165, 1.54) is 11.0 Å². The van der Waals surface area contributed by atoms with Crippen LogP contribution in [-0.2, 0) is 4.79 Å². The molecule has 0 saturated carbocycles. The molecule has 1 amide bonds. The quantitative estimate of drug-likeness (QED) is 0.512. The van der Waals surface area contributed by atoms with Crippen molar-refractivity contribution in [1.29, 1.82) is 0 Å². The zero-order chi connectivity index (χ0) is 8.15. The molecule has 0 heterocycles. The molecule has 0 rings (SSSR count). The van der Waals surface area contributed by atoms with Crippen molar-refractivity contribution in [3.8, 4) is 0 Å². The van der Waals surface area contributed by atoms with Crippen molar-refractivity contribution in [2.45, 2.75) is 0 Å². The summed E-state index contributed by atoms with van der Waals surface area (Å²) in [7, 11) is 7.20. The van der Waals surface area contributed by atoms with Crippen molar-refractivity contribution in [1.82, 2.24) is 9.80 Å². The fraction of sp³-hybridized carbons (Fsp3) is 0.571. The van der Waals surface area contributed by atoms with E-state index >= 15 is 0 Å². The van der Waals surface area contributed by atoms with Gasteiger partial charge in [0, 0.05) is 40.5 Å². The zero-order valence-electron chi connectivity index (χ0n) is 6.96. The summed E-state index contributed by atoms with van der Waals surface area (Å²) in [6.07, 6.45) is 3.25. The summed E-state index contributed by atoms with van der Waals surface area (Å²) in [5, 5.41) is 0. The molecule has 0 N–H and O–H groups in total. The Morgan fingerprint density at radius 1 is 1.20 bits per heavy atom. The maximum atomic E-state index is 10.9. The first-order valence-corrected chi connectivity index (χ1v) is 3.10. The van der Waals surface area contributed by atoms with E-state index in [1.807, 2.05) is 19.0 Å². The van der Waals surface area contributed by atoms with E-state index in [-0.39, 0.29) is 5.91 Å². The number of carbonyl (C=O) groups excluding carboxylic acids is 1. The number of hydrogen-bond acceptors (Lipinski definition) is 2. The van der Waals surface area contributed by atoms with Gasteiger partial charge < -0.3 is 9.80 Å². The molecule has 0 aliphatic carbocycles. The second-order valence-corrected chi connectivity index (χ2v) is 2.51. The summed E-state index contributed by atoms with van der Waals surface area (Å²) in [5.74, 6) is 0.00806. The van der Waals surface area contributed by atoms with Gasteiger partial charge in [-0.25, -0.2) is 0 Å². The van der Waals surface area contributed by atoms with Gasteiger partial charge in [0.1, 0.15) is 0 Å². The Balaban J connectivity index is 3.79. The average Bonchev–Trinajstić information content (AvgIpc) is 1.82. The Morgan fingerprint density at radius 2 is 1.70 bits per heavy atom. The monoisotopic (exact) mass is 142 g/mol. The maximum Gasteiger partial charge on any atom is 0.247 e. The molecule has 0 aromatic carbocycles. The minimum Gasteiger partial charge on any atom is -0.383 e. The third-order valence-electron chi connectivity index (χ3n) is 0.956. The van der Waals surface area contributed by atoms with Crippen molar-refractivity contribution in [2.75, 3.05) is 28.2 Å². The third-order valence-corrected chi connectivity index (χ3v) is 0.956.